The highest BCUT2D eigenvalue weighted by Crippen LogP contribution is 2.34. The topological polar surface area (TPSA) is 35.2 Å². The summed E-state index contributed by atoms with van der Waals surface area (Å²) in [6.45, 7) is 0.290. The molecule has 2 nitrogen and oxygen atoms in total. The Labute approximate surface area is 90.6 Å². The van der Waals surface area contributed by atoms with Gasteiger partial charge in [-0.1, -0.05) is 0 Å². The van der Waals surface area contributed by atoms with Crippen LogP contribution in [0.1, 0.15) is 18.0 Å². The van der Waals surface area contributed by atoms with Crippen molar-refractivity contribution in [1.82, 2.24) is 0 Å². The van der Waals surface area contributed by atoms with Gasteiger partial charge < -0.3 is 10.5 Å². The standard InChI is InChI=1S/C9H8F3NO.ClH/c10-4-3-6-7(9(12)8(4)11)5(13)1-2-14-6;/h3,5H,1-2,13H2;1H. The van der Waals surface area contributed by atoms with Gasteiger partial charge in [-0.3, -0.25) is 0 Å². The van der Waals surface area contributed by atoms with E-state index in [1.165, 1.54) is 0 Å². The lowest BCUT2D eigenvalue weighted by Gasteiger charge is -2.23. The van der Waals surface area contributed by atoms with Crippen molar-refractivity contribution in [2.75, 3.05) is 6.61 Å². The van der Waals surface area contributed by atoms with Crippen LogP contribution in [0.5, 0.6) is 5.75 Å². The third-order valence-corrected chi connectivity index (χ3v) is 2.22. The van der Waals surface area contributed by atoms with Gasteiger partial charge in [-0.05, 0) is 0 Å². The van der Waals surface area contributed by atoms with Gasteiger partial charge >= 0.3 is 0 Å². The Morgan fingerprint density at radius 1 is 1.27 bits per heavy atom. The predicted molar refractivity (Wildman–Crippen MR) is 50.6 cm³/mol. The average Bonchev–Trinajstić information content (AvgIpc) is 2.14. The highest BCUT2D eigenvalue weighted by Gasteiger charge is 2.26. The zero-order valence-corrected chi connectivity index (χ0v) is 8.41. The van der Waals surface area contributed by atoms with Crippen molar-refractivity contribution in [3.05, 3.63) is 29.1 Å². The van der Waals surface area contributed by atoms with E-state index >= 15 is 0 Å². The molecule has 1 unspecified atom stereocenters. The van der Waals surface area contributed by atoms with Gasteiger partial charge in [0.15, 0.2) is 17.5 Å². The smallest absolute Gasteiger partial charge is 0.195 e. The Hall–Kier alpha value is -0.940. The molecule has 84 valence electrons. The van der Waals surface area contributed by atoms with Gasteiger partial charge in [0.05, 0.1) is 6.61 Å². The first-order valence-electron chi connectivity index (χ1n) is 4.17. The van der Waals surface area contributed by atoms with E-state index in [0.717, 1.165) is 6.07 Å². The largest absolute Gasteiger partial charge is 0.493 e. The summed E-state index contributed by atoms with van der Waals surface area (Å²) in [5.41, 5.74) is 5.48. The van der Waals surface area contributed by atoms with Crippen LogP contribution in [-0.2, 0) is 0 Å². The first kappa shape index (κ1) is 12.1. The van der Waals surface area contributed by atoms with Crippen LogP contribution < -0.4 is 10.5 Å². The lowest BCUT2D eigenvalue weighted by molar-refractivity contribution is 0.257. The molecule has 0 bridgehead atoms. The molecule has 1 atom stereocenters. The van der Waals surface area contributed by atoms with Gasteiger partial charge in [0.25, 0.3) is 0 Å². The van der Waals surface area contributed by atoms with E-state index in [2.05, 4.69) is 0 Å². The summed E-state index contributed by atoms with van der Waals surface area (Å²) >= 11 is 0. The quantitative estimate of drug-likeness (QED) is 0.705. The number of hydrogen-bond acceptors (Lipinski definition) is 2. The number of halogens is 4. The minimum absolute atomic E-state index is 0. The van der Waals surface area contributed by atoms with Crippen molar-refractivity contribution in [3.8, 4) is 5.75 Å². The fraction of sp³-hybridized carbons (Fsp3) is 0.333. The molecular weight excluding hydrogens is 231 g/mol. The summed E-state index contributed by atoms with van der Waals surface area (Å²) in [5.74, 6) is -3.99. The van der Waals surface area contributed by atoms with E-state index in [-0.39, 0.29) is 23.7 Å². The second kappa shape index (κ2) is 4.28. The number of fused-ring (bicyclic) bond motifs is 1. The van der Waals surface area contributed by atoms with Crippen molar-refractivity contribution in [3.63, 3.8) is 0 Å². The zero-order chi connectivity index (χ0) is 10.3. The fourth-order valence-electron chi connectivity index (χ4n) is 1.49. The molecule has 1 heterocycles. The number of nitrogens with two attached hydrogens (primary N) is 1. The monoisotopic (exact) mass is 239 g/mol. The summed E-state index contributed by atoms with van der Waals surface area (Å²) in [7, 11) is 0. The molecule has 6 heteroatoms. The van der Waals surface area contributed by atoms with Gasteiger partial charge in [0, 0.05) is 24.1 Å². The highest BCUT2D eigenvalue weighted by atomic mass is 35.5. The Balaban J connectivity index is 0.00000112. The van der Waals surface area contributed by atoms with E-state index in [0.29, 0.717) is 13.0 Å². The Morgan fingerprint density at radius 3 is 2.60 bits per heavy atom. The van der Waals surface area contributed by atoms with E-state index < -0.39 is 23.5 Å². The summed E-state index contributed by atoms with van der Waals surface area (Å²) < 4.78 is 43.8. The molecule has 2 rings (SSSR count). The first-order chi connectivity index (χ1) is 6.61. The van der Waals surface area contributed by atoms with Crippen LogP contribution in [0.4, 0.5) is 13.2 Å². The number of ether oxygens (including phenoxy) is 1. The minimum Gasteiger partial charge on any atom is -0.493 e. The van der Waals surface area contributed by atoms with Gasteiger partial charge in [0.1, 0.15) is 5.75 Å². The van der Waals surface area contributed by atoms with Crippen LogP contribution in [0.25, 0.3) is 0 Å². The van der Waals surface area contributed by atoms with Crippen molar-refractivity contribution in [2.24, 2.45) is 5.73 Å². The number of hydrogen-bond donors (Lipinski definition) is 1. The third-order valence-electron chi connectivity index (χ3n) is 2.22. The Bertz CT molecular complexity index is 386. The molecule has 1 aliphatic heterocycles. The van der Waals surface area contributed by atoms with Crippen molar-refractivity contribution < 1.29 is 17.9 Å². The summed E-state index contributed by atoms with van der Waals surface area (Å²) in [4.78, 5) is 0. The van der Waals surface area contributed by atoms with E-state index in [9.17, 15) is 13.2 Å². The van der Waals surface area contributed by atoms with Gasteiger partial charge in [0.2, 0.25) is 0 Å². The van der Waals surface area contributed by atoms with Crippen molar-refractivity contribution >= 4 is 12.4 Å². The second-order valence-electron chi connectivity index (χ2n) is 3.14. The molecule has 0 radical (unpaired) electrons. The summed E-state index contributed by atoms with van der Waals surface area (Å²) in [6, 6.07) is 0.195. The lowest BCUT2D eigenvalue weighted by atomic mass is 10.0. The van der Waals surface area contributed by atoms with E-state index in [1.807, 2.05) is 0 Å². The fourth-order valence-corrected chi connectivity index (χ4v) is 1.49. The van der Waals surface area contributed by atoms with Crippen LogP contribution in [0.2, 0.25) is 0 Å². The zero-order valence-electron chi connectivity index (χ0n) is 7.60. The van der Waals surface area contributed by atoms with Crippen molar-refractivity contribution in [1.29, 1.82) is 0 Å². The highest BCUT2D eigenvalue weighted by molar-refractivity contribution is 5.85. The number of benzene rings is 1. The Kier molecular flexibility index (Phi) is 3.46. The lowest BCUT2D eigenvalue weighted by Crippen LogP contribution is -2.23. The molecule has 2 N–H and O–H groups in total. The normalized spacial score (nSPS) is 18.8. The third kappa shape index (κ3) is 1.89. The maximum Gasteiger partial charge on any atom is 0.195 e. The molecule has 0 amide bonds. The van der Waals surface area contributed by atoms with Crippen LogP contribution >= 0.6 is 12.4 Å². The maximum absolute atomic E-state index is 13.2. The molecule has 0 saturated heterocycles. The molecule has 1 aliphatic rings. The summed E-state index contributed by atoms with van der Waals surface area (Å²) in [6.07, 6.45) is 0.398. The van der Waals surface area contributed by atoms with E-state index in [4.69, 9.17) is 10.5 Å². The molecule has 0 aromatic heterocycles. The number of rotatable bonds is 0. The molecule has 0 aliphatic carbocycles. The molecule has 15 heavy (non-hydrogen) atoms. The van der Waals surface area contributed by atoms with Gasteiger partial charge in [-0.25, -0.2) is 13.2 Å². The van der Waals surface area contributed by atoms with Crippen molar-refractivity contribution in [2.45, 2.75) is 12.5 Å². The molecule has 0 saturated carbocycles. The van der Waals surface area contributed by atoms with Crippen LogP contribution in [0.15, 0.2) is 6.07 Å². The summed E-state index contributed by atoms with van der Waals surface area (Å²) in [5, 5.41) is 0. The maximum atomic E-state index is 13.2. The molecular formula is C9H9ClF3NO. The SMILES string of the molecule is Cl.NC1CCOc2cc(F)c(F)c(F)c21. The van der Waals surface area contributed by atoms with Crippen LogP contribution in [0, 0.1) is 17.5 Å². The van der Waals surface area contributed by atoms with Crippen LogP contribution in [0.3, 0.4) is 0 Å². The van der Waals surface area contributed by atoms with Gasteiger partial charge in [-0.2, -0.15) is 0 Å². The first-order valence-corrected chi connectivity index (χ1v) is 4.17. The average molecular weight is 240 g/mol. The molecule has 1 aromatic carbocycles. The van der Waals surface area contributed by atoms with E-state index in [1.54, 1.807) is 0 Å². The molecule has 1 aromatic rings. The van der Waals surface area contributed by atoms with Crippen LogP contribution in [-0.4, -0.2) is 6.61 Å². The Morgan fingerprint density at radius 2 is 1.93 bits per heavy atom. The second-order valence-corrected chi connectivity index (χ2v) is 3.14. The molecule has 0 spiro atoms. The minimum atomic E-state index is -1.50. The van der Waals surface area contributed by atoms with Gasteiger partial charge in [-0.15, -0.1) is 12.4 Å². The molecule has 0 fully saturated rings. The predicted octanol–water partition coefficient (Wildman–Crippen LogP) is 2.31.